The summed E-state index contributed by atoms with van der Waals surface area (Å²) in [5.74, 6) is 6.05. The lowest BCUT2D eigenvalue weighted by Crippen LogP contribution is -2.51. The Hall–Kier alpha value is -2.03. The van der Waals surface area contributed by atoms with Gasteiger partial charge in [-0.25, -0.2) is 4.79 Å². The SMILES string of the molecule is CC(C)CCC[C@@H](C)[C@H]1CC[C@H]2[C@@H]3CC=C4C[C@H](Oc5ccc6ccc(=O)oc6c5)CC[C@]4(C)[C@H]3CC[C@]12C. The summed E-state index contributed by atoms with van der Waals surface area (Å²) in [5.41, 5.74) is 2.84. The molecule has 39 heavy (non-hydrogen) atoms. The molecule has 0 aliphatic heterocycles. The van der Waals surface area contributed by atoms with Crippen molar-refractivity contribution in [3.05, 3.63) is 52.4 Å². The Labute approximate surface area is 235 Å². The summed E-state index contributed by atoms with van der Waals surface area (Å²) >= 11 is 0. The van der Waals surface area contributed by atoms with E-state index in [4.69, 9.17) is 9.15 Å². The van der Waals surface area contributed by atoms with Crippen LogP contribution in [0.5, 0.6) is 5.75 Å². The van der Waals surface area contributed by atoms with Gasteiger partial charge in [0.05, 0.1) is 0 Å². The minimum absolute atomic E-state index is 0.199. The number of ether oxygens (including phenoxy) is 1. The molecule has 4 aliphatic carbocycles. The highest BCUT2D eigenvalue weighted by Crippen LogP contribution is 2.67. The second kappa shape index (κ2) is 10.4. The minimum Gasteiger partial charge on any atom is -0.490 e. The van der Waals surface area contributed by atoms with Crippen LogP contribution in [0.2, 0.25) is 0 Å². The lowest BCUT2D eigenvalue weighted by atomic mass is 9.47. The first kappa shape index (κ1) is 27.2. The molecule has 1 aromatic heterocycles. The van der Waals surface area contributed by atoms with Gasteiger partial charge in [-0.05, 0) is 109 Å². The third-order valence-electron chi connectivity index (χ3n) is 12.2. The number of hydrogen-bond donors (Lipinski definition) is 0. The van der Waals surface area contributed by atoms with E-state index in [0.29, 0.717) is 16.4 Å². The molecule has 3 heteroatoms. The van der Waals surface area contributed by atoms with Gasteiger partial charge in [0.25, 0.3) is 0 Å². The molecule has 212 valence electrons. The van der Waals surface area contributed by atoms with Gasteiger partial charge in [0.1, 0.15) is 17.4 Å². The Kier molecular flexibility index (Phi) is 7.26. The Morgan fingerprint density at radius 1 is 0.974 bits per heavy atom. The molecule has 0 N–H and O–H groups in total. The predicted octanol–water partition coefficient (Wildman–Crippen LogP) is 9.58. The maximum atomic E-state index is 11.7. The molecule has 0 spiro atoms. The van der Waals surface area contributed by atoms with Gasteiger partial charge in [-0.1, -0.05) is 65.5 Å². The van der Waals surface area contributed by atoms with Crippen molar-refractivity contribution < 1.29 is 9.15 Å². The van der Waals surface area contributed by atoms with E-state index in [0.717, 1.165) is 59.5 Å². The van der Waals surface area contributed by atoms with E-state index in [9.17, 15) is 4.79 Å². The molecule has 3 fully saturated rings. The normalized spacial score (nSPS) is 36.7. The van der Waals surface area contributed by atoms with Gasteiger partial charge < -0.3 is 9.15 Å². The molecule has 3 saturated carbocycles. The number of rotatable bonds is 7. The number of fused-ring (bicyclic) bond motifs is 6. The zero-order chi connectivity index (χ0) is 27.4. The van der Waals surface area contributed by atoms with Crippen molar-refractivity contribution in [2.75, 3.05) is 0 Å². The van der Waals surface area contributed by atoms with E-state index >= 15 is 0 Å². The maximum Gasteiger partial charge on any atom is 0.336 e. The van der Waals surface area contributed by atoms with E-state index in [1.165, 1.54) is 63.9 Å². The van der Waals surface area contributed by atoms with Gasteiger partial charge in [-0.3, -0.25) is 0 Å². The number of allylic oxidation sites excluding steroid dienone is 1. The average molecular weight is 531 g/mol. The largest absolute Gasteiger partial charge is 0.490 e. The summed E-state index contributed by atoms with van der Waals surface area (Å²) in [7, 11) is 0. The lowest BCUT2D eigenvalue weighted by Gasteiger charge is -2.58. The molecule has 2 aromatic rings. The fourth-order valence-electron chi connectivity index (χ4n) is 10.1. The van der Waals surface area contributed by atoms with Crippen LogP contribution in [0.25, 0.3) is 11.0 Å². The standard InChI is InChI=1S/C36H50O3/c1-23(2)7-6-8-24(3)30-14-15-31-29-13-11-26-21-28(17-19-35(26,4)32(29)18-20-36(30,31)5)38-27-12-9-25-10-16-34(37)39-33(25)22-27/h9-12,16,22-24,28-32H,6-8,13-15,17-21H2,1-5H3/t24-,28-,29+,30-,31+,32+,35+,36-/m1/s1. The fraction of sp³-hybridized carbons (Fsp3) is 0.694. The first-order valence-electron chi connectivity index (χ1n) is 16.1. The average Bonchev–Trinajstić information content (AvgIpc) is 3.26. The van der Waals surface area contributed by atoms with Crippen molar-refractivity contribution in [3.8, 4) is 5.75 Å². The second-order valence-electron chi connectivity index (χ2n) is 14.7. The minimum atomic E-state index is -0.312. The molecule has 8 atom stereocenters. The Morgan fingerprint density at radius 3 is 2.62 bits per heavy atom. The van der Waals surface area contributed by atoms with Gasteiger partial charge in [0.2, 0.25) is 0 Å². The van der Waals surface area contributed by atoms with E-state index in [-0.39, 0.29) is 11.7 Å². The molecule has 0 amide bonds. The van der Waals surface area contributed by atoms with Crippen LogP contribution in [0.15, 0.2) is 51.2 Å². The quantitative estimate of drug-likeness (QED) is 0.264. The summed E-state index contributed by atoms with van der Waals surface area (Å²) in [6.07, 6.45) is 17.5. The molecular weight excluding hydrogens is 480 g/mol. The summed E-state index contributed by atoms with van der Waals surface area (Å²) in [5, 5.41) is 0.933. The molecule has 4 aliphatic rings. The van der Waals surface area contributed by atoms with Crippen molar-refractivity contribution >= 4 is 11.0 Å². The molecule has 6 rings (SSSR count). The van der Waals surface area contributed by atoms with Gasteiger partial charge >= 0.3 is 5.63 Å². The molecule has 0 unspecified atom stereocenters. The van der Waals surface area contributed by atoms with Crippen LogP contribution in [0.3, 0.4) is 0 Å². The van der Waals surface area contributed by atoms with Gasteiger partial charge in [0.15, 0.2) is 0 Å². The predicted molar refractivity (Wildman–Crippen MR) is 160 cm³/mol. The molecule has 0 saturated heterocycles. The second-order valence-corrected chi connectivity index (χ2v) is 14.7. The van der Waals surface area contributed by atoms with E-state index in [1.54, 1.807) is 5.57 Å². The first-order valence-corrected chi connectivity index (χ1v) is 16.1. The topological polar surface area (TPSA) is 39.4 Å². The van der Waals surface area contributed by atoms with E-state index in [2.05, 4.69) is 40.7 Å². The smallest absolute Gasteiger partial charge is 0.336 e. The molecule has 0 radical (unpaired) electrons. The monoisotopic (exact) mass is 530 g/mol. The molecular formula is C36H50O3. The third-order valence-corrected chi connectivity index (χ3v) is 12.2. The van der Waals surface area contributed by atoms with Crippen molar-refractivity contribution in [1.82, 2.24) is 0 Å². The zero-order valence-corrected chi connectivity index (χ0v) is 25.0. The first-order chi connectivity index (χ1) is 18.7. The van der Waals surface area contributed by atoms with Crippen molar-refractivity contribution in [2.24, 2.45) is 46.3 Å². The highest BCUT2D eigenvalue weighted by atomic mass is 16.5. The molecule has 3 nitrogen and oxygen atoms in total. The van der Waals surface area contributed by atoms with Crippen LogP contribution in [0, 0.1) is 46.3 Å². The highest BCUT2D eigenvalue weighted by molar-refractivity contribution is 5.77. The Bertz CT molecular complexity index is 1270. The van der Waals surface area contributed by atoms with Crippen LogP contribution in [-0.4, -0.2) is 6.10 Å². The van der Waals surface area contributed by atoms with Crippen molar-refractivity contribution in [2.45, 2.75) is 111 Å². The number of benzene rings is 1. The fourth-order valence-corrected chi connectivity index (χ4v) is 10.1. The summed E-state index contributed by atoms with van der Waals surface area (Å²) < 4.78 is 11.9. The van der Waals surface area contributed by atoms with Crippen LogP contribution >= 0.6 is 0 Å². The van der Waals surface area contributed by atoms with Gasteiger partial charge in [-0.15, -0.1) is 0 Å². The summed E-state index contributed by atoms with van der Waals surface area (Å²) in [4.78, 5) is 11.7. The van der Waals surface area contributed by atoms with Crippen molar-refractivity contribution in [3.63, 3.8) is 0 Å². The van der Waals surface area contributed by atoms with E-state index < -0.39 is 0 Å². The third kappa shape index (κ3) is 4.91. The van der Waals surface area contributed by atoms with Crippen LogP contribution < -0.4 is 10.4 Å². The van der Waals surface area contributed by atoms with Gasteiger partial charge in [-0.2, -0.15) is 0 Å². The van der Waals surface area contributed by atoms with E-state index in [1.807, 2.05) is 24.3 Å². The Morgan fingerprint density at radius 2 is 1.79 bits per heavy atom. The van der Waals surface area contributed by atoms with Crippen LogP contribution in [0.4, 0.5) is 0 Å². The van der Waals surface area contributed by atoms with Crippen LogP contribution in [0.1, 0.15) is 105 Å². The summed E-state index contributed by atoms with van der Waals surface area (Å²) in [6, 6.07) is 9.18. The lowest BCUT2D eigenvalue weighted by molar-refractivity contribution is -0.0559. The Balaban J connectivity index is 1.14. The molecule has 1 aromatic carbocycles. The number of hydrogen-bond acceptors (Lipinski definition) is 3. The molecule has 1 heterocycles. The highest BCUT2D eigenvalue weighted by Gasteiger charge is 2.59. The summed E-state index contributed by atoms with van der Waals surface area (Å²) in [6.45, 7) is 12.6. The molecule has 0 bridgehead atoms. The van der Waals surface area contributed by atoms with Gasteiger partial charge in [0, 0.05) is 23.9 Å². The zero-order valence-electron chi connectivity index (χ0n) is 25.0. The maximum absolute atomic E-state index is 11.7. The van der Waals surface area contributed by atoms with Crippen LogP contribution in [-0.2, 0) is 0 Å². The van der Waals surface area contributed by atoms with Crippen molar-refractivity contribution in [1.29, 1.82) is 0 Å².